The lowest BCUT2D eigenvalue weighted by atomic mass is 10.0. The van der Waals surface area contributed by atoms with Gasteiger partial charge in [0.15, 0.2) is 0 Å². The topological polar surface area (TPSA) is 43.1 Å². The second-order valence-electron chi connectivity index (χ2n) is 4.26. The summed E-state index contributed by atoms with van der Waals surface area (Å²) in [5.41, 5.74) is -0.680. The first-order valence-electron chi connectivity index (χ1n) is 5.00. The minimum absolute atomic E-state index is 0.142. The van der Waals surface area contributed by atoms with Gasteiger partial charge in [-0.1, -0.05) is 25.4 Å². The molecule has 1 aromatic rings. The van der Waals surface area contributed by atoms with Crippen LogP contribution in [0, 0.1) is 0 Å². The molecule has 1 aromatic carbocycles. The van der Waals surface area contributed by atoms with Gasteiger partial charge in [-0.3, -0.25) is 5.14 Å². The highest BCUT2D eigenvalue weighted by molar-refractivity contribution is 7.98. The number of benzene rings is 1. The van der Waals surface area contributed by atoms with Crippen molar-refractivity contribution >= 4 is 27.2 Å². The summed E-state index contributed by atoms with van der Waals surface area (Å²) in [4.78, 5) is -0.638. The average Bonchev–Trinajstić information content (AvgIpc) is 2.12. The van der Waals surface area contributed by atoms with Crippen LogP contribution in [0.2, 0.25) is 5.02 Å². The predicted molar refractivity (Wildman–Crippen MR) is 68.3 cm³/mol. The summed E-state index contributed by atoms with van der Waals surface area (Å²) in [6, 6.07) is 2.26. The van der Waals surface area contributed by atoms with Gasteiger partial charge in [0, 0.05) is 0 Å². The molecule has 0 heterocycles. The molecule has 0 aliphatic heterocycles. The molecule has 1 rings (SSSR count). The molecule has 0 radical (unpaired) electrons. The predicted octanol–water partition coefficient (Wildman–Crippen LogP) is 3.43. The molecule has 102 valence electrons. The molecule has 0 aliphatic rings. The molecule has 2 nitrogen and oxygen atoms in total. The molecular formula is C11H13ClF3NOS. The highest BCUT2D eigenvalue weighted by Gasteiger charge is 2.37. The lowest BCUT2D eigenvalue weighted by molar-refractivity contribution is -0.139. The highest BCUT2D eigenvalue weighted by Crippen LogP contribution is 2.39. The smallest absolute Gasteiger partial charge is 0.256 e. The number of hydrogen-bond acceptors (Lipinski definition) is 1. The Hall–Kier alpha value is -0.720. The molecule has 0 fully saturated rings. The van der Waals surface area contributed by atoms with Crippen LogP contribution < -0.4 is 5.14 Å². The number of hydrogen-bond donors (Lipinski definition) is 1. The molecule has 0 saturated heterocycles. The number of rotatable bonds is 2. The Bertz CT molecular complexity index is 564. The van der Waals surface area contributed by atoms with Gasteiger partial charge < -0.3 is 0 Å². The molecule has 7 heteroatoms. The van der Waals surface area contributed by atoms with Gasteiger partial charge >= 0.3 is 6.18 Å². The summed E-state index contributed by atoms with van der Waals surface area (Å²) >= 11 is 5.77. The Morgan fingerprint density at radius 3 is 2.22 bits per heavy atom. The maximum absolute atomic E-state index is 12.9. The van der Waals surface area contributed by atoms with E-state index in [0.717, 1.165) is 6.07 Å². The maximum Gasteiger partial charge on any atom is 0.417 e. The average molecular weight is 300 g/mol. The van der Waals surface area contributed by atoms with Crippen LogP contribution in [0.5, 0.6) is 0 Å². The van der Waals surface area contributed by atoms with Crippen molar-refractivity contribution in [3.05, 3.63) is 28.3 Å². The molecule has 1 unspecified atom stereocenters. The maximum atomic E-state index is 12.9. The fraction of sp³-hybridized carbons (Fsp3) is 0.364. The van der Waals surface area contributed by atoms with Gasteiger partial charge in [-0.2, -0.15) is 13.2 Å². The zero-order valence-electron chi connectivity index (χ0n) is 9.84. The van der Waals surface area contributed by atoms with Crippen LogP contribution in [-0.2, 0) is 15.9 Å². The third-order valence-corrected chi connectivity index (χ3v) is 3.92. The normalized spacial score (nSPS) is 15.8. The highest BCUT2D eigenvalue weighted by atomic mass is 35.5. The fourth-order valence-electron chi connectivity index (χ4n) is 1.51. The molecule has 0 bridgehead atoms. The first-order valence-corrected chi connectivity index (χ1v) is 7.17. The van der Waals surface area contributed by atoms with Gasteiger partial charge in [-0.05, 0) is 29.5 Å². The summed E-state index contributed by atoms with van der Waals surface area (Å²) in [7, 11) is -3.54. The second kappa shape index (κ2) is 4.75. The SMILES string of the molecule is C=S(N)(=O)c1c(Cl)cc(C(C)C)cc1C(F)(F)F. The van der Waals surface area contributed by atoms with Gasteiger partial charge in [0.05, 0.1) is 25.2 Å². The van der Waals surface area contributed by atoms with E-state index in [4.69, 9.17) is 16.7 Å². The first-order chi connectivity index (χ1) is 7.94. The van der Waals surface area contributed by atoms with Crippen molar-refractivity contribution < 1.29 is 17.4 Å². The van der Waals surface area contributed by atoms with Gasteiger partial charge in [-0.15, -0.1) is 0 Å². The molecule has 2 N–H and O–H groups in total. The third kappa shape index (κ3) is 3.18. The standard InChI is InChI=1S/C11H13ClF3NOS/c1-6(2)7-4-8(11(13,14)15)10(9(12)5-7)18(3,16)17/h4-6H,3H2,1-2H3,(H2,16,17). The van der Waals surface area contributed by atoms with Crippen LogP contribution >= 0.6 is 11.6 Å². The van der Waals surface area contributed by atoms with E-state index in [1.807, 2.05) is 0 Å². The van der Waals surface area contributed by atoms with Crippen LogP contribution in [0.25, 0.3) is 0 Å². The van der Waals surface area contributed by atoms with Crippen molar-refractivity contribution in [2.75, 3.05) is 0 Å². The van der Waals surface area contributed by atoms with Crippen molar-refractivity contribution in [2.45, 2.75) is 30.8 Å². The van der Waals surface area contributed by atoms with Crippen molar-refractivity contribution in [3.63, 3.8) is 0 Å². The number of halogens is 4. The lowest BCUT2D eigenvalue weighted by Gasteiger charge is -2.18. The van der Waals surface area contributed by atoms with E-state index in [9.17, 15) is 17.4 Å². The quantitative estimate of drug-likeness (QED) is 0.835. The Morgan fingerprint density at radius 2 is 1.89 bits per heavy atom. The second-order valence-corrected chi connectivity index (χ2v) is 6.53. The summed E-state index contributed by atoms with van der Waals surface area (Å²) in [6.45, 7) is 3.46. The monoisotopic (exact) mass is 299 g/mol. The van der Waals surface area contributed by atoms with Crippen LogP contribution in [-0.4, -0.2) is 10.1 Å². The lowest BCUT2D eigenvalue weighted by Crippen LogP contribution is -2.20. The van der Waals surface area contributed by atoms with Crippen molar-refractivity contribution in [2.24, 2.45) is 5.14 Å². The zero-order valence-corrected chi connectivity index (χ0v) is 11.4. The molecular weight excluding hydrogens is 287 g/mol. The summed E-state index contributed by atoms with van der Waals surface area (Å²) in [5.74, 6) is 2.93. The molecule has 0 saturated carbocycles. The molecule has 0 amide bonds. The van der Waals surface area contributed by atoms with Crippen LogP contribution in [0.1, 0.15) is 30.9 Å². The number of nitrogens with two attached hydrogens (primary N) is 1. The van der Waals surface area contributed by atoms with E-state index in [1.165, 1.54) is 6.07 Å². The third-order valence-electron chi connectivity index (χ3n) is 2.38. The zero-order chi connectivity index (χ0) is 14.3. The molecule has 0 aromatic heterocycles. The Kier molecular flexibility index (Phi) is 4.05. The minimum Gasteiger partial charge on any atom is -0.256 e. The molecule has 1 atom stereocenters. The van der Waals surface area contributed by atoms with Crippen LogP contribution in [0.15, 0.2) is 17.0 Å². The van der Waals surface area contributed by atoms with Crippen molar-refractivity contribution in [3.8, 4) is 0 Å². The minimum atomic E-state index is -4.68. The molecule has 0 aliphatic carbocycles. The van der Waals surface area contributed by atoms with Crippen LogP contribution in [0.4, 0.5) is 13.2 Å². The van der Waals surface area contributed by atoms with Gasteiger partial charge in [0.1, 0.15) is 0 Å². The molecule has 0 spiro atoms. The van der Waals surface area contributed by atoms with Gasteiger partial charge in [-0.25, -0.2) is 4.21 Å². The molecule has 18 heavy (non-hydrogen) atoms. The fourth-order valence-corrected chi connectivity index (χ4v) is 3.06. The van der Waals surface area contributed by atoms with Gasteiger partial charge in [0.25, 0.3) is 0 Å². The van der Waals surface area contributed by atoms with E-state index in [0.29, 0.717) is 5.56 Å². The van der Waals surface area contributed by atoms with Gasteiger partial charge in [0.2, 0.25) is 0 Å². The Labute approximate surface area is 109 Å². The van der Waals surface area contributed by atoms with E-state index in [1.54, 1.807) is 13.8 Å². The summed E-state index contributed by atoms with van der Waals surface area (Å²) in [6.07, 6.45) is -4.68. The Balaban J connectivity index is 3.73. The van der Waals surface area contributed by atoms with Crippen LogP contribution in [0.3, 0.4) is 0 Å². The van der Waals surface area contributed by atoms with E-state index < -0.39 is 26.3 Å². The van der Waals surface area contributed by atoms with Crippen molar-refractivity contribution in [1.29, 1.82) is 0 Å². The number of alkyl halides is 3. The summed E-state index contributed by atoms with van der Waals surface area (Å²) in [5, 5.41) is 4.95. The van der Waals surface area contributed by atoms with E-state index in [2.05, 4.69) is 5.87 Å². The van der Waals surface area contributed by atoms with Crippen molar-refractivity contribution in [1.82, 2.24) is 0 Å². The summed E-state index contributed by atoms with van der Waals surface area (Å²) < 4.78 is 50.4. The Morgan fingerprint density at radius 1 is 1.39 bits per heavy atom. The van der Waals surface area contributed by atoms with E-state index >= 15 is 0 Å². The largest absolute Gasteiger partial charge is 0.417 e. The first kappa shape index (κ1) is 15.3. The van der Waals surface area contributed by atoms with E-state index in [-0.39, 0.29) is 10.9 Å².